The van der Waals surface area contributed by atoms with Crippen LogP contribution in [0.3, 0.4) is 0 Å². The van der Waals surface area contributed by atoms with E-state index < -0.39 is 0 Å². The van der Waals surface area contributed by atoms with Crippen LogP contribution in [0.4, 0.5) is 17.3 Å². The molecule has 1 fully saturated rings. The molecule has 1 aliphatic heterocycles. The van der Waals surface area contributed by atoms with Crippen molar-refractivity contribution in [2.75, 3.05) is 37.4 Å². The summed E-state index contributed by atoms with van der Waals surface area (Å²) in [6.07, 6.45) is 5.24. The molecule has 0 unspecified atom stereocenters. The Morgan fingerprint density at radius 1 is 0.975 bits per heavy atom. The summed E-state index contributed by atoms with van der Waals surface area (Å²) >= 11 is 1.37. The second-order valence-corrected chi connectivity index (χ2v) is 10.6. The molecule has 1 saturated heterocycles. The van der Waals surface area contributed by atoms with Crippen molar-refractivity contribution in [3.05, 3.63) is 83.4 Å². The number of aromatic nitrogens is 2. The summed E-state index contributed by atoms with van der Waals surface area (Å²) < 4.78 is 5.24. The number of anilines is 3. The highest BCUT2D eigenvalue weighted by Crippen LogP contribution is 2.28. The minimum Gasteiger partial charge on any atom is -0.497 e. The van der Waals surface area contributed by atoms with Gasteiger partial charge in [0.25, 0.3) is 5.91 Å². The van der Waals surface area contributed by atoms with Gasteiger partial charge < -0.3 is 20.7 Å². The Bertz CT molecular complexity index is 1450. The number of rotatable bonds is 10. The number of piperidine rings is 1. The van der Waals surface area contributed by atoms with Crippen molar-refractivity contribution >= 4 is 40.5 Å². The van der Waals surface area contributed by atoms with Crippen LogP contribution in [0.2, 0.25) is 0 Å². The van der Waals surface area contributed by atoms with Crippen molar-refractivity contribution < 1.29 is 14.3 Å². The summed E-state index contributed by atoms with van der Waals surface area (Å²) in [6, 6.07) is 20.6. The van der Waals surface area contributed by atoms with Gasteiger partial charge >= 0.3 is 0 Å². The van der Waals surface area contributed by atoms with Crippen LogP contribution in [0.15, 0.2) is 72.9 Å². The van der Waals surface area contributed by atoms with E-state index in [4.69, 9.17) is 4.74 Å². The average molecular weight is 557 g/mol. The number of carbonyl (C=O) groups excluding carboxylic acids is 2. The molecule has 4 aromatic rings. The van der Waals surface area contributed by atoms with Gasteiger partial charge in [0.1, 0.15) is 5.75 Å². The van der Waals surface area contributed by atoms with Crippen LogP contribution in [0.25, 0.3) is 10.6 Å². The molecule has 206 valence electrons. The van der Waals surface area contributed by atoms with Gasteiger partial charge in [-0.1, -0.05) is 18.6 Å². The van der Waals surface area contributed by atoms with Gasteiger partial charge in [0.15, 0.2) is 0 Å². The monoisotopic (exact) mass is 556 g/mol. The molecule has 40 heavy (non-hydrogen) atoms. The van der Waals surface area contributed by atoms with E-state index in [1.54, 1.807) is 19.4 Å². The van der Waals surface area contributed by atoms with Crippen LogP contribution in [-0.2, 0) is 11.3 Å². The number of hydrogen-bond acceptors (Lipinski definition) is 8. The van der Waals surface area contributed by atoms with Crippen molar-refractivity contribution in [2.45, 2.75) is 25.8 Å². The second kappa shape index (κ2) is 13.2. The van der Waals surface area contributed by atoms with E-state index in [0.717, 1.165) is 59.2 Å². The number of nitrogens with zero attached hydrogens (tertiary/aromatic N) is 3. The maximum absolute atomic E-state index is 12.7. The van der Waals surface area contributed by atoms with Crippen LogP contribution >= 0.6 is 11.3 Å². The SMILES string of the molecule is COc1cccc(CNC(=O)c2ccc(-c3ccnc(Nc4ccc(NC(=O)CN5CCCCC5)cc4)n3)s2)c1. The molecule has 0 aliphatic carbocycles. The highest BCUT2D eigenvalue weighted by atomic mass is 32.1. The Labute approximate surface area is 237 Å². The van der Waals surface area contributed by atoms with Gasteiger partial charge in [-0.3, -0.25) is 14.5 Å². The lowest BCUT2D eigenvalue weighted by Gasteiger charge is -2.25. The maximum atomic E-state index is 12.7. The molecule has 0 radical (unpaired) electrons. The van der Waals surface area contributed by atoms with E-state index in [1.807, 2.05) is 60.7 Å². The first-order valence-corrected chi connectivity index (χ1v) is 14.1. The van der Waals surface area contributed by atoms with Crippen molar-refractivity contribution in [3.8, 4) is 16.3 Å². The van der Waals surface area contributed by atoms with Crippen molar-refractivity contribution in [3.63, 3.8) is 0 Å². The Hall–Kier alpha value is -4.28. The number of amides is 2. The van der Waals surface area contributed by atoms with Gasteiger partial charge in [0, 0.05) is 24.1 Å². The second-order valence-electron chi connectivity index (χ2n) is 9.55. The van der Waals surface area contributed by atoms with Crippen LogP contribution in [0.5, 0.6) is 5.75 Å². The van der Waals surface area contributed by atoms with Gasteiger partial charge in [-0.15, -0.1) is 11.3 Å². The number of nitrogens with one attached hydrogen (secondary N) is 3. The van der Waals surface area contributed by atoms with E-state index in [2.05, 4.69) is 30.8 Å². The van der Waals surface area contributed by atoms with E-state index in [1.165, 1.54) is 17.8 Å². The number of likely N-dealkylation sites (tertiary alicyclic amines) is 1. The van der Waals surface area contributed by atoms with Crippen molar-refractivity contribution in [1.29, 1.82) is 0 Å². The normalized spacial score (nSPS) is 13.4. The molecule has 9 nitrogen and oxygen atoms in total. The molecule has 0 spiro atoms. The Morgan fingerprint density at radius 3 is 2.58 bits per heavy atom. The lowest BCUT2D eigenvalue weighted by Crippen LogP contribution is -2.36. The highest BCUT2D eigenvalue weighted by molar-refractivity contribution is 7.17. The van der Waals surface area contributed by atoms with Crippen molar-refractivity contribution in [1.82, 2.24) is 20.2 Å². The zero-order valence-corrected chi connectivity index (χ0v) is 23.2. The highest BCUT2D eigenvalue weighted by Gasteiger charge is 2.14. The summed E-state index contributed by atoms with van der Waals surface area (Å²) in [6.45, 7) is 2.81. The van der Waals surface area contributed by atoms with E-state index in [-0.39, 0.29) is 11.8 Å². The molecule has 3 N–H and O–H groups in total. The van der Waals surface area contributed by atoms with Crippen LogP contribution in [0.1, 0.15) is 34.5 Å². The van der Waals surface area contributed by atoms with Crippen LogP contribution < -0.4 is 20.7 Å². The first-order chi connectivity index (χ1) is 19.6. The molecule has 0 bridgehead atoms. The third-order valence-electron chi connectivity index (χ3n) is 6.57. The molecule has 10 heteroatoms. The smallest absolute Gasteiger partial charge is 0.261 e. The van der Waals surface area contributed by atoms with Crippen molar-refractivity contribution in [2.24, 2.45) is 0 Å². The molecule has 0 atom stereocenters. The molecule has 2 aromatic carbocycles. The van der Waals surface area contributed by atoms with Gasteiger partial charge in [-0.05, 0) is 86.1 Å². The van der Waals surface area contributed by atoms with Gasteiger partial charge in [0.2, 0.25) is 11.9 Å². The molecule has 3 heterocycles. The molecule has 1 aliphatic rings. The minimum atomic E-state index is -0.144. The number of ether oxygens (including phenoxy) is 1. The third kappa shape index (κ3) is 7.43. The van der Waals surface area contributed by atoms with Crippen LogP contribution in [0, 0.1) is 0 Å². The Balaban J connectivity index is 1.15. The van der Waals surface area contributed by atoms with Gasteiger partial charge in [0.05, 0.1) is 29.1 Å². The molecule has 0 saturated carbocycles. The summed E-state index contributed by atoms with van der Waals surface area (Å²) in [7, 11) is 1.62. The predicted molar refractivity (Wildman–Crippen MR) is 158 cm³/mol. The number of methoxy groups -OCH3 is 1. The number of hydrogen-bond donors (Lipinski definition) is 3. The fourth-order valence-corrected chi connectivity index (χ4v) is 5.38. The zero-order valence-electron chi connectivity index (χ0n) is 22.4. The molecular formula is C30H32N6O3S. The topological polar surface area (TPSA) is 108 Å². The average Bonchev–Trinajstić information content (AvgIpc) is 3.48. The largest absolute Gasteiger partial charge is 0.497 e. The Morgan fingerprint density at radius 2 is 1.77 bits per heavy atom. The Kier molecular flexibility index (Phi) is 9.00. The van der Waals surface area contributed by atoms with E-state index in [9.17, 15) is 9.59 Å². The third-order valence-corrected chi connectivity index (χ3v) is 7.67. The molecule has 2 aromatic heterocycles. The summed E-state index contributed by atoms with van der Waals surface area (Å²) in [5, 5.41) is 9.13. The lowest BCUT2D eigenvalue weighted by atomic mass is 10.1. The number of carbonyl (C=O) groups is 2. The summed E-state index contributed by atoms with van der Waals surface area (Å²) in [4.78, 5) is 37.7. The summed E-state index contributed by atoms with van der Waals surface area (Å²) in [5.74, 6) is 1.05. The van der Waals surface area contributed by atoms with E-state index in [0.29, 0.717) is 23.9 Å². The zero-order chi connectivity index (χ0) is 27.7. The predicted octanol–water partition coefficient (Wildman–Crippen LogP) is 5.31. The first-order valence-electron chi connectivity index (χ1n) is 13.3. The summed E-state index contributed by atoms with van der Waals surface area (Å²) in [5.41, 5.74) is 3.23. The maximum Gasteiger partial charge on any atom is 0.261 e. The number of benzene rings is 2. The number of thiophene rings is 1. The molecule has 5 rings (SSSR count). The standard InChI is InChI=1S/C30H32N6O3S/c1-39-24-7-5-6-21(18-24)19-32-29(38)27-13-12-26(40-27)25-14-15-31-30(35-25)34-23-10-8-22(9-11-23)33-28(37)20-36-16-3-2-4-17-36/h5-15,18H,2-4,16-17,19-20H2,1H3,(H,32,38)(H,33,37)(H,31,34,35). The van der Waals surface area contributed by atoms with Crippen LogP contribution in [-0.4, -0.2) is 53.4 Å². The first kappa shape index (κ1) is 27.3. The van der Waals surface area contributed by atoms with Gasteiger partial charge in [-0.2, -0.15) is 0 Å². The molecule has 2 amide bonds. The fraction of sp³-hybridized carbons (Fsp3) is 0.267. The quantitative estimate of drug-likeness (QED) is 0.243. The van der Waals surface area contributed by atoms with E-state index >= 15 is 0 Å². The minimum absolute atomic E-state index is 0.00272. The fourth-order valence-electron chi connectivity index (χ4n) is 4.49. The molecular weight excluding hydrogens is 524 g/mol. The lowest BCUT2D eigenvalue weighted by molar-refractivity contribution is -0.117. The van der Waals surface area contributed by atoms with Gasteiger partial charge in [-0.25, -0.2) is 9.97 Å².